The van der Waals surface area contributed by atoms with Crippen LogP contribution in [0.15, 0.2) is 48.5 Å². The molecular weight excluding hydrogens is 398 g/mol. The molecule has 0 atom stereocenters. The van der Waals surface area contributed by atoms with Gasteiger partial charge in [0.1, 0.15) is 18.2 Å². The Morgan fingerprint density at radius 3 is 2.50 bits per heavy atom. The lowest BCUT2D eigenvalue weighted by molar-refractivity contribution is -0.128. The molecule has 32 heavy (non-hydrogen) atoms. The van der Waals surface area contributed by atoms with Gasteiger partial charge in [-0.1, -0.05) is 58.4 Å². The van der Waals surface area contributed by atoms with Crippen LogP contribution in [0.3, 0.4) is 0 Å². The summed E-state index contributed by atoms with van der Waals surface area (Å²) < 4.78 is 8.29. The first kappa shape index (κ1) is 23.8. The SMILES string of the molecule is CCc1ccc(OCCn2c(CCCCCNC(=O)C(C)(C)C)nc3ccccc32)cc1. The summed E-state index contributed by atoms with van der Waals surface area (Å²) in [5.74, 6) is 2.13. The third kappa shape index (κ3) is 6.59. The highest BCUT2D eigenvalue weighted by Gasteiger charge is 2.20. The van der Waals surface area contributed by atoms with Gasteiger partial charge < -0.3 is 14.6 Å². The highest BCUT2D eigenvalue weighted by atomic mass is 16.5. The van der Waals surface area contributed by atoms with E-state index in [9.17, 15) is 4.79 Å². The molecule has 0 bridgehead atoms. The number of para-hydroxylation sites is 2. The molecule has 172 valence electrons. The molecule has 0 aliphatic heterocycles. The van der Waals surface area contributed by atoms with Crippen LogP contribution in [-0.4, -0.2) is 28.6 Å². The summed E-state index contributed by atoms with van der Waals surface area (Å²) in [7, 11) is 0. The molecule has 1 heterocycles. The summed E-state index contributed by atoms with van der Waals surface area (Å²) in [6.45, 7) is 10.1. The van der Waals surface area contributed by atoms with Gasteiger partial charge >= 0.3 is 0 Å². The van der Waals surface area contributed by atoms with Gasteiger partial charge in [0, 0.05) is 18.4 Å². The summed E-state index contributed by atoms with van der Waals surface area (Å²) >= 11 is 0. The number of rotatable bonds is 11. The predicted octanol–water partition coefficient (Wildman–Crippen LogP) is 5.55. The minimum Gasteiger partial charge on any atom is -0.492 e. The number of aryl methyl sites for hydroxylation is 2. The number of hydrogen-bond acceptors (Lipinski definition) is 3. The Kier molecular flexibility index (Phi) is 8.32. The lowest BCUT2D eigenvalue weighted by atomic mass is 9.96. The number of ether oxygens (including phenoxy) is 1. The summed E-state index contributed by atoms with van der Waals surface area (Å²) in [5, 5.41) is 3.03. The minimum absolute atomic E-state index is 0.114. The molecule has 0 saturated carbocycles. The van der Waals surface area contributed by atoms with E-state index in [0.29, 0.717) is 6.61 Å². The van der Waals surface area contributed by atoms with Crippen LogP contribution in [0.4, 0.5) is 0 Å². The Bertz CT molecular complexity index is 1000. The van der Waals surface area contributed by atoms with Gasteiger partial charge in [0.05, 0.1) is 17.6 Å². The molecule has 3 rings (SSSR count). The fourth-order valence-electron chi connectivity index (χ4n) is 3.69. The van der Waals surface area contributed by atoms with Crippen molar-refractivity contribution in [3.05, 3.63) is 59.9 Å². The van der Waals surface area contributed by atoms with Crippen LogP contribution in [0.1, 0.15) is 58.3 Å². The monoisotopic (exact) mass is 435 g/mol. The Hall–Kier alpha value is -2.82. The predicted molar refractivity (Wildman–Crippen MR) is 131 cm³/mol. The fourth-order valence-corrected chi connectivity index (χ4v) is 3.69. The number of unbranched alkanes of at least 4 members (excludes halogenated alkanes) is 2. The number of imidazole rings is 1. The van der Waals surface area contributed by atoms with Gasteiger partial charge in [0.2, 0.25) is 5.91 Å². The zero-order valence-corrected chi connectivity index (χ0v) is 20.0. The number of fused-ring (bicyclic) bond motifs is 1. The third-order valence-corrected chi connectivity index (χ3v) is 5.69. The molecule has 1 N–H and O–H groups in total. The van der Waals surface area contributed by atoms with Crippen LogP contribution in [0.25, 0.3) is 11.0 Å². The average molecular weight is 436 g/mol. The van der Waals surface area contributed by atoms with Gasteiger partial charge in [-0.15, -0.1) is 0 Å². The number of nitrogens with one attached hydrogen (secondary N) is 1. The minimum atomic E-state index is -0.328. The molecule has 2 aromatic carbocycles. The molecule has 0 spiro atoms. The molecule has 3 aromatic rings. The van der Waals surface area contributed by atoms with Crippen molar-refractivity contribution in [3.63, 3.8) is 0 Å². The van der Waals surface area contributed by atoms with Gasteiger partial charge in [-0.2, -0.15) is 0 Å². The summed E-state index contributed by atoms with van der Waals surface area (Å²) in [6, 6.07) is 16.6. The summed E-state index contributed by atoms with van der Waals surface area (Å²) in [4.78, 5) is 16.8. The van der Waals surface area contributed by atoms with Crippen LogP contribution in [0.5, 0.6) is 5.75 Å². The lowest BCUT2D eigenvalue weighted by Crippen LogP contribution is -2.35. The molecule has 0 unspecified atom stereocenters. The molecule has 0 aliphatic carbocycles. The van der Waals surface area contributed by atoms with Crippen LogP contribution in [0.2, 0.25) is 0 Å². The van der Waals surface area contributed by atoms with Crippen molar-refractivity contribution in [1.29, 1.82) is 0 Å². The van der Waals surface area contributed by atoms with Crippen molar-refractivity contribution in [3.8, 4) is 5.75 Å². The number of carbonyl (C=O) groups is 1. The Balaban J connectivity index is 1.52. The average Bonchev–Trinajstić information content (AvgIpc) is 3.13. The molecular formula is C27H37N3O2. The van der Waals surface area contributed by atoms with Crippen LogP contribution in [-0.2, 0) is 24.2 Å². The van der Waals surface area contributed by atoms with E-state index < -0.39 is 0 Å². The molecule has 5 heteroatoms. The molecule has 1 aromatic heterocycles. The second-order valence-corrected chi connectivity index (χ2v) is 9.33. The van der Waals surface area contributed by atoms with Gasteiger partial charge in [-0.25, -0.2) is 4.98 Å². The van der Waals surface area contributed by atoms with E-state index in [1.54, 1.807) is 0 Å². The molecule has 0 radical (unpaired) electrons. The largest absolute Gasteiger partial charge is 0.492 e. The fraction of sp³-hybridized carbons (Fsp3) is 0.481. The van der Waals surface area contributed by atoms with E-state index in [1.807, 2.05) is 39.0 Å². The van der Waals surface area contributed by atoms with Crippen molar-refractivity contribution < 1.29 is 9.53 Å². The number of aromatic nitrogens is 2. The first-order valence-electron chi connectivity index (χ1n) is 11.8. The topological polar surface area (TPSA) is 56.1 Å². The van der Waals surface area contributed by atoms with E-state index in [1.165, 1.54) is 5.56 Å². The summed E-state index contributed by atoms with van der Waals surface area (Å²) in [6.07, 6.45) is 5.06. The maximum atomic E-state index is 12.0. The lowest BCUT2D eigenvalue weighted by Gasteiger charge is -2.17. The van der Waals surface area contributed by atoms with Crippen LogP contribution in [0, 0.1) is 5.41 Å². The third-order valence-electron chi connectivity index (χ3n) is 5.69. The highest BCUT2D eigenvalue weighted by molar-refractivity contribution is 5.81. The molecule has 5 nitrogen and oxygen atoms in total. The van der Waals surface area contributed by atoms with Crippen molar-refractivity contribution in [2.45, 2.75) is 66.3 Å². The number of nitrogens with zero attached hydrogens (tertiary/aromatic N) is 2. The quantitative estimate of drug-likeness (QED) is 0.402. The second kappa shape index (κ2) is 11.2. The van der Waals surface area contributed by atoms with Crippen LogP contribution < -0.4 is 10.1 Å². The highest BCUT2D eigenvalue weighted by Crippen LogP contribution is 2.19. The van der Waals surface area contributed by atoms with E-state index in [-0.39, 0.29) is 11.3 Å². The van der Waals surface area contributed by atoms with E-state index in [0.717, 1.165) is 67.8 Å². The number of carbonyl (C=O) groups excluding carboxylic acids is 1. The van der Waals surface area contributed by atoms with E-state index >= 15 is 0 Å². The zero-order chi connectivity index (χ0) is 23.0. The van der Waals surface area contributed by atoms with Gasteiger partial charge in [-0.05, 0) is 49.1 Å². The Morgan fingerprint density at radius 2 is 1.78 bits per heavy atom. The van der Waals surface area contributed by atoms with Gasteiger partial charge in [0.15, 0.2) is 0 Å². The molecule has 1 amide bonds. The zero-order valence-electron chi connectivity index (χ0n) is 20.0. The van der Waals surface area contributed by atoms with Gasteiger partial charge in [0.25, 0.3) is 0 Å². The van der Waals surface area contributed by atoms with Crippen molar-refractivity contribution >= 4 is 16.9 Å². The van der Waals surface area contributed by atoms with Gasteiger partial charge in [-0.3, -0.25) is 4.79 Å². The van der Waals surface area contributed by atoms with E-state index in [2.05, 4.69) is 47.1 Å². The maximum Gasteiger partial charge on any atom is 0.225 e. The summed E-state index contributed by atoms with van der Waals surface area (Å²) in [5.41, 5.74) is 3.18. The molecule has 0 fully saturated rings. The normalized spacial score (nSPS) is 11.6. The van der Waals surface area contributed by atoms with Crippen LogP contribution >= 0.6 is 0 Å². The maximum absolute atomic E-state index is 12.0. The number of hydrogen-bond donors (Lipinski definition) is 1. The Morgan fingerprint density at radius 1 is 1.03 bits per heavy atom. The standard InChI is InChI=1S/C27H37N3O2/c1-5-21-14-16-22(17-15-21)32-20-19-30-24-12-9-8-11-23(24)29-25(30)13-7-6-10-18-28-26(31)27(2,3)4/h8-9,11-12,14-17H,5-7,10,13,18-20H2,1-4H3,(H,28,31). The van der Waals surface area contributed by atoms with Crippen molar-refractivity contribution in [2.24, 2.45) is 5.41 Å². The van der Waals surface area contributed by atoms with E-state index in [4.69, 9.17) is 9.72 Å². The molecule has 0 saturated heterocycles. The molecule has 0 aliphatic rings. The smallest absolute Gasteiger partial charge is 0.225 e. The van der Waals surface area contributed by atoms with Crippen molar-refractivity contribution in [1.82, 2.24) is 14.9 Å². The number of benzene rings is 2. The first-order valence-corrected chi connectivity index (χ1v) is 11.8. The van der Waals surface area contributed by atoms with Crippen molar-refractivity contribution in [2.75, 3.05) is 13.2 Å². The number of amides is 1. The second-order valence-electron chi connectivity index (χ2n) is 9.33. The first-order chi connectivity index (χ1) is 15.4. The Labute approximate surface area is 192 Å².